The van der Waals surface area contributed by atoms with E-state index in [2.05, 4.69) is 0 Å². The lowest BCUT2D eigenvalue weighted by Crippen LogP contribution is -2.11. The highest BCUT2D eigenvalue weighted by Crippen LogP contribution is 1.85. The van der Waals surface area contributed by atoms with Crippen LogP contribution >= 0.6 is 9.90 Å². The van der Waals surface area contributed by atoms with Crippen molar-refractivity contribution >= 4 is 19.7 Å². The Morgan fingerprint density at radius 1 is 1.44 bits per heavy atom. The Balaban J connectivity index is 0. The Bertz CT molecular complexity index is 140. The van der Waals surface area contributed by atoms with Gasteiger partial charge in [0, 0.05) is 5.75 Å². The van der Waals surface area contributed by atoms with Crippen molar-refractivity contribution < 1.29 is 13.5 Å². The maximum absolute atomic E-state index is 10.4. The van der Waals surface area contributed by atoms with Gasteiger partial charge in [0.25, 0.3) is 0 Å². The molecule has 0 aromatic carbocycles. The molecule has 0 aliphatic carbocycles. The van der Waals surface area contributed by atoms with E-state index in [4.69, 9.17) is 5.11 Å². The molecular weight excluding hydrogens is 159 g/mol. The molecule has 0 aromatic rings. The van der Waals surface area contributed by atoms with Gasteiger partial charge in [0.05, 0.1) is 12.4 Å². The van der Waals surface area contributed by atoms with Gasteiger partial charge in [-0.2, -0.15) is 9.90 Å². The summed E-state index contributed by atoms with van der Waals surface area (Å²) in [6.45, 7) is 1.29. The first kappa shape index (κ1) is 12.1. The first-order valence-electron chi connectivity index (χ1n) is 2.43. The molecule has 0 saturated heterocycles. The zero-order valence-electron chi connectivity index (χ0n) is 5.50. The number of aliphatic hydroxyl groups excluding tert-OH is 1. The second-order valence-corrected chi connectivity index (χ2v) is 3.93. The van der Waals surface area contributed by atoms with Crippen molar-refractivity contribution in [2.24, 2.45) is 0 Å². The van der Waals surface area contributed by atoms with E-state index in [-0.39, 0.29) is 28.0 Å². The fourth-order valence-corrected chi connectivity index (χ4v) is 0.850. The summed E-state index contributed by atoms with van der Waals surface area (Å²) in [6, 6.07) is 0. The van der Waals surface area contributed by atoms with Crippen LogP contribution in [-0.4, -0.2) is 31.6 Å². The lowest BCUT2D eigenvalue weighted by atomic mass is 10.9. The smallest absolute Gasteiger partial charge is 0.152 e. The molecule has 5 heteroatoms. The van der Waals surface area contributed by atoms with Gasteiger partial charge in [-0.1, -0.05) is 6.92 Å². The molecule has 3 nitrogen and oxygen atoms in total. The highest BCUT2D eigenvalue weighted by molar-refractivity contribution is 7.91. The Labute approximate surface area is 59.0 Å². The summed E-state index contributed by atoms with van der Waals surface area (Å²) in [5.74, 6) is 0.0110. The maximum atomic E-state index is 10.4. The van der Waals surface area contributed by atoms with Crippen molar-refractivity contribution in [3.05, 3.63) is 0 Å². The quantitative estimate of drug-likeness (QED) is 0.582. The zero-order valence-corrected chi connectivity index (χ0v) is 7.73. The van der Waals surface area contributed by atoms with E-state index in [0.29, 0.717) is 0 Å². The molecule has 1 N–H and O–H groups in total. The van der Waals surface area contributed by atoms with Gasteiger partial charge in [-0.25, -0.2) is 8.42 Å². The molecule has 0 amide bonds. The van der Waals surface area contributed by atoms with E-state index in [1.165, 1.54) is 0 Å². The molecule has 0 aromatic heterocycles. The molecule has 0 rings (SSSR count). The fraction of sp³-hybridized carbons (Fsp3) is 1.00. The van der Waals surface area contributed by atoms with Crippen molar-refractivity contribution in [3.8, 4) is 0 Å². The van der Waals surface area contributed by atoms with Crippen molar-refractivity contribution in [3.63, 3.8) is 0 Å². The topological polar surface area (TPSA) is 54.4 Å². The number of hydrogen-bond acceptors (Lipinski definition) is 3. The van der Waals surface area contributed by atoms with Crippen molar-refractivity contribution in [2.75, 3.05) is 18.1 Å². The summed E-state index contributed by atoms with van der Waals surface area (Å²) in [4.78, 5) is 0. The Kier molecular flexibility index (Phi) is 6.90. The summed E-state index contributed by atoms with van der Waals surface area (Å²) >= 11 is 0. The highest BCUT2D eigenvalue weighted by Gasteiger charge is 2.03. The lowest BCUT2D eigenvalue weighted by molar-refractivity contribution is 0.319. The van der Waals surface area contributed by atoms with Crippen LogP contribution in [0.1, 0.15) is 6.92 Å². The monoisotopic (exact) mass is 172 g/mol. The molecule has 1 atom stereocenters. The lowest BCUT2D eigenvalue weighted by Gasteiger charge is -1.93. The Morgan fingerprint density at radius 2 is 1.89 bits per heavy atom. The highest BCUT2D eigenvalue weighted by atomic mass is 32.2. The van der Waals surface area contributed by atoms with Gasteiger partial charge in [0.2, 0.25) is 0 Å². The van der Waals surface area contributed by atoms with Gasteiger partial charge in [0.15, 0.2) is 9.84 Å². The van der Waals surface area contributed by atoms with Gasteiger partial charge in [0.1, 0.15) is 0 Å². The molecule has 9 heavy (non-hydrogen) atoms. The second kappa shape index (κ2) is 5.15. The SMILES string of the molecule is CCS(=O)(=O)CCO.P. The van der Waals surface area contributed by atoms with E-state index in [1.54, 1.807) is 6.92 Å². The standard InChI is InChI=1S/C4H10O3S.H3P/c1-2-8(6,7)4-3-5;/h5H,2-4H2,1H3;1H3. The van der Waals surface area contributed by atoms with E-state index >= 15 is 0 Å². The number of sulfone groups is 1. The summed E-state index contributed by atoms with van der Waals surface area (Å²) in [5.41, 5.74) is 0. The van der Waals surface area contributed by atoms with Crippen LogP contribution in [0.25, 0.3) is 0 Å². The van der Waals surface area contributed by atoms with Crippen LogP contribution < -0.4 is 0 Å². The molecular formula is C4H13O3PS. The minimum Gasteiger partial charge on any atom is -0.395 e. The number of rotatable bonds is 3. The fourth-order valence-electron chi connectivity index (χ4n) is 0.283. The third kappa shape index (κ3) is 6.22. The van der Waals surface area contributed by atoms with Gasteiger partial charge >= 0.3 is 0 Å². The molecule has 0 saturated carbocycles. The first-order valence-corrected chi connectivity index (χ1v) is 4.26. The molecule has 0 radical (unpaired) electrons. The normalized spacial score (nSPS) is 10.4. The van der Waals surface area contributed by atoms with Crippen LogP contribution in [0.15, 0.2) is 0 Å². The number of hydrogen-bond donors (Lipinski definition) is 1. The van der Waals surface area contributed by atoms with Crippen LogP contribution in [0.5, 0.6) is 0 Å². The van der Waals surface area contributed by atoms with Gasteiger partial charge in [-0.15, -0.1) is 0 Å². The summed E-state index contributed by atoms with van der Waals surface area (Å²) in [7, 11) is -2.92. The van der Waals surface area contributed by atoms with E-state index < -0.39 is 9.84 Å². The van der Waals surface area contributed by atoms with Crippen LogP contribution in [0.4, 0.5) is 0 Å². The average molecular weight is 172 g/mol. The molecule has 58 valence electrons. The minimum atomic E-state index is -2.92. The second-order valence-electron chi connectivity index (χ2n) is 1.46. The number of aliphatic hydroxyl groups is 1. The van der Waals surface area contributed by atoms with Gasteiger partial charge < -0.3 is 5.11 Å². The van der Waals surface area contributed by atoms with E-state index in [0.717, 1.165) is 0 Å². The Hall–Kier alpha value is 0.340. The predicted molar refractivity (Wildman–Crippen MR) is 42.5 cm³/mol. The molecule has 0 fully saturated rings. The van der Waals surface area contributed by atoms with E-state index in [9.17, 15) is 8.42 Å². The zero-order chi connectivity index (χ0) is 6.62. The van der Waals surface area contributed by atoms with Gasteiger partial charge in [-0.3, -0.25) is 0 Å². The van der Waals surface area contributed by atoms with Crippen LogP contribution in [0, 0.1) is 0 Å². The molecule has 0 spiro atoms. The molecule has 0 heterocycles. The van der Waals surface area contributed by atoms with Crippen LogP contribution in [0.2, 0.25) is 0 Å². The van der Waals surface area contributed by atoms with Gasteiger partial charge in [-0.05, 0) is 0 Å². The Morgan fingerprint density at radius 3 is 2.00 bits per heavy atom. The van der Waals surface area contributed by atoms with Crippen LogP contribution in [0.3, 0.4) is 0 Å². The van der Waals surface area contributed by atoms with E-state index in [1.807, 2.05) is 0 Å². The summed E-state index contributed by atoms with van der Waals surface area (Å²) in [5, 5.41) is 8.15. The van der Waals surface area contributed by atoms with Crippen molar-refractivity contribution in [1.29, 1.82) is 0 Å². The largest absolute Gasteiger partial charge is 0.395 e. The third-order valence-electron chi connectivity index (χ3n) is 0.842. The van der Waals surface area contributed by atoms with Crippen LogP contribution in [-0.2, 0) is 9.84 Å². The molecule has 0 bridgehead atoms. The van der Waals surface area contributed by atoms with Crippen molar-refractivity contribution in [2.45, 2.75) is 6.92 Å². The maximum Gasteiger partial charge on any atom is 0.152 e. The minimum absolute atomic E-state index is 0. The molecule has 0 aliphatic rings. The van der Waals surface area contributed by atoms with Crippen molar-refractivity contribution in [1.82, 2.24) is 0 Å². The molecule has 0 aliphatic heterocycles. The third-order valence-corrected chi connectivity index (χ3v) is 2.53. The summed E-state index contributed by atoms with van der Waals surface area (Å²) in [6.07, 6.45) is 0. The molecule has 1 unspecified atom stereocenters. The predicted octanol–water partition coefficient (Wildman–Crippen LogP) is -0.528. The average Bonchev–Trinajstić information content (AvgIpc) is 1.67. The summed E-state index contributed by atoms with van der Waals surface area (Å²) < 4.78 is 20.9. The first-order chi connectivity index (χ1) is 3.62.